The van der Waals surface area contributed by atoms with Crippen molar-refractivity contribution in [1.82, 2.24) is 0 Å². The van der Waals surface area contributed by atoms with Gasteiger partial charge in [0, 0.05) is 13.1 Å². The van der Waals surface area contributed by atoms with Gasteiger partial charge < -0.3 is 13.8 Å². The fraction of sp³-hybridized carbons (Fsp3) is 0.429. The summed E-state index contributed by atoms with van der Waals surface area (Å²) in [7, 11) is -3.33. The van der Waals surface area contributed by atoms with Gasteiger partial charge >= 0.3 is 7.60 Å². The molecule has 1 atom stereocenters. The second-order valence-electron chi connectivity index (χ2n) is 2.47. The molecule has 1 unspecified atom stereocenters. The summed E-state index contributed by atoms with van der Waals surface area (Å²) in [5.74, 6) is 0.753. The molecule has 5 heteroatoms. The van der Waals surface area contributed by atoms with Crippen LogP contribution in [0.1, 0.15) is 5.76 Å². The van der Waals surface area contributed by atoms with E-state index in [0.29, 0.717) is 6.42 Å². The Hall–Kier alpha value is -0.570. The molecule has 0 amide bonds. The van der Waals surface area contributed by atoms with Gasteiger partial charge in [-0.1, -0.05) is 0 Å². The summed E-state index contributed by atoms with van der Waals surface area (Å²) in [6.45, 7) is 1.37. The number of hydrogen-bond donors (Lipinski definition) is 1. The van der Waals surface area contributed by atoms with E-state index >= 15 is 0 Å². The summed E-state index contributed by atoms with van der Waals surface area (Å²) in [5, 5.41) is 0. The minimum Gasteiger partial charge on any atom is -0.469 e. The highest BCUT2D eigenvalue weighted by molar-refractivity contribution is 7.51. The molecule has 0 aliphatic heterocycles. The average Bonchev–Trinajstić information content (AvgIpc) is 2.36. The monoisotopic (exact) mass is 190 g/mol. The molecule has 68 valence electrons. The first-order valence-corrected chi connectivity index (χ1v) is 5.57. The smallest absolute Gasteiger partial charge is 0.325 e. The second-order valence-corrected chi connectivity index (χ2v) is 4.33. The molecule has 4 nitrogen and oxygen atoms in total. The molecule has 1 aromatic rings. The van der Waals surface area contributed by atoms with Gasteiger partial charge in [-0.25, -0.2) is 0 Å². The molecular weight excluding hydrogens is 179 g/mol. The lowest BCUT2D eigenvalue weighted by Gasteiger charge is -2.04. The summed E-state index contributed by atoms with van der Waals surface area (Å²) in [4.78, 5) is 8.75. The van der Waals surface area contributed by atoms with Crippen LogP contribution in [0.2, 0.25) is 0 Å². The van der Waals surface area contributed by atoms with Gasteiger partial charge in [0.25, 0.3) is 0 Å². The quantitative estimate of drug-likeness (QED) is 0.733. The van der Waals surface area contributed by atoms with E-state index in [9.17, 15) is 4.57 Å². The van der Waals surface area contributed by atoms with Crippen molar-refractivity contribution in [2.24, 2.45) is 0 Å². The van der Waals surface area contributed by atoms with Crippen LogP contribution in [0, 0.1) is 0 Å². The van der Waals surface area contributed by atoms with Crippen LogP contribution >= 0.6 is 7.60 Å². The third kappa shape index (κ3) is 3.72. The van der Waals surface area contributed by atoms with Crippen molar-refractivity contribution in [2.75, 3.05) is 13.3 Å². The van der Waals surface area contributed by atoms with E-state index in [4.69, 9.17) is 9.31 Å². The normalized spacial score (nSPS) is 15.8. The summed E-state index contributed by atoms with van der Waals surface area (Å²) in [5.41, 5.74) is 0. The Bertz CT molecular complexity index is 261. The molecule has 12 heavy (non-hydrogen) atoms. The van der Waals surface area contributed by atoms with E-state index in [2.05, 4.69) is 4.52 Å². The van der Waals surface area contributed by atoms with Crippen molar-refractivity contribution in [3.05, 3.63) is 24.2 Å². The maximum atomic E-state index is 10.6. The van der Waals surface area contributed by atoms with Crippen LogP contribution in [0.4, 0.5) is 0 Å². The summed E-state index contributed by atoms with van der Waals surface area (Å²) in [6.07, 6.45) is 2.07. The van der Waals surface area contributed by atoms with Crippen LogP contribution in [0.5, 0.6) is 0 Å². The average molecular weight is 190 g/mol. The Morgan fingerprint density at radius 3 is 3.00 bits per heavy atom. The van der Waals surface area contributed by atoms with Crippen molar-refractivity contribution < 1.29 is 18.4 Å². The molecular formula is C7H11O4P. The van der Waals surface area contributed by atoms with E-state index in [-0.39, 0.29) is 6.61 Å². The zero-order valence-electron chi connectivity index (χ0n) is 6.77. The van der Waals surface area contributed by atoms with Crippen molar-refractivity contribution >= 4 is 7.60 Å². The maximum Gasteiger partial charge on any atom is 0.325 e. The fourth-order valence-corrected chi connectivity index (χ4v) is 1.20. The van der Waals surface area contributed by atoms with Crippen molar-refractivity contribution in [3.63, 3.8) is 0 Å². The molecule has 1 heterocycles. The summed E-state index contributed by atoms with van der Waals surface area (Å²) < 4.78 is 20.3. The van der Waals surface area contributed by atoms with Crippen molar-refractivity contribution in [3.8, 4) is 0 Å². The standard InChI is InChI=1S/C7H11O4P/c1-12(8,9)11-6-4-7-3-2-5-10-7/h2-3,5H,4,6H2,1H3,(H,8,9). The van der Waals surface area contributed by atoms with Gasteiger partial charge in [0.2, 0.25) is 0 Å². The third-order valence-electron chi connectivity index (χ3n) is 1.26. The lowest BCUT2D eigenvalue weighted by atomic mass is 10.3. The minimum absolute atomic E-state index is 0.206. The Balaban J connectivity index is 2.24. The van der Waals surface area contributed by atoms with Crippen LogP contribution < -0.4 is 0 Å². The summed E-state index contributed by atoms with van der Waals surface area (Å²) in [6, 6.07) is 3.56. The first-order chi connectivity index (χ1) is 5.58. The van der Waals surface area contributed by atoms with Crippen molar-refractivity contribution in [1.29, 1.82) is 0 Å². The minimum atomic E-state index is -3.33. The zero-order chi connectivity index (χ0) is 9.03. The van der Waals surface area contributed by atoms with E-state index in [1.165, 1.54) is 0 Å². The van der Waals surface area contributed by atoms with Gasteiger partial charge in [-0.2, -0.15) is 0 Å². The molecule has 0 fully saturated rings. The first kappa shape index (κ1) is 9.52. The molecule has 0 bridgehead atoms. The Labute approximate surface area is 70.7 Å². The van der Waals surface area contributed by atoms with E-state index in [1.807, 2.05) is 0 Å². The predicted molar refractivity (Wildman–Crippen MR) is 44.1 cm³/mol. The molecule has 0 spiro atoms. The van der Waals surface area contributed by atoms with Gasteiger partial charge in [-0.3, -0.25) is 4.57 Å². The van der Waals surface area contributed by atoms with Crippen LogP contribution in [-0.2, 0) is 15.5 Å². The fourth-order valence-electron chi connectivity index (χ4n) is 0.770. The van der Waals surface area contributed by atoms with Crippen LogP contribution in [0.25, 0.3) is 0 Å². The highest BCUT2D eigenvalue weighted by atomic mass is 31.2. The SMILES string of the molecule is CP(=O)(O)OCCc1ccco1. The van der Waals surface area contributed by atoms with Gasteiger partial charge in [0.1, 0.15) is 5.76 Å². The Morgan fingerprint density at radius 2 is 2.50 bits per heavy atom. The highest BCUT2D eigenvalue weighted by Gasteiger charge is 2.09. The van der Waals surface area contributed by atoms with Gasteiger partial charge in [-0.05, 0) is 12.1 Å². The molecule has 0 saturated heterocycles. The van der Waals surface area contributed by atoms with Gasteiger partial charge in [0.05, 0.1) is 12.9 Å². The van der Waals surface area contributed by atoms with Gasteiger partial charge in [-0.15, -0.1) is 0 Å². The number of furan rings is 1. The van der Waals surface area contributed by atoms with E-state index in [1.54, 1.807) is 18.4 Å². The predicted octanol–water partition coefficient (Wildman–Crippen LogP) is 1.65. The Morgan fingerprint density at radius 1 is 1.75 bits per heavy atom. The summed E-state index contributed by atoms with van der Waals surface area (Å²) >= 11 is 0. The first-order valence-electron chi connectivity index (χ1n) is 3.55. The molecule has 0 saturated carbocycles. The van der Waals surface area contributed by atoms with E-state index in [0.717, 1.165) is 12.4 Å². The molecule has 0 aliphatic carbocycles. The topological polar surface area (TPSA) is 59.7 Å². The zero-order valence-corrected chi connectivity index (χ0v) is 7.66. The van der Waals surface area contributed by atoms with Crippen LogP contribution in [0.3, 0.4) is 0 Å². The molecule has 1 rings (SSSR count). The highest BCUT2D eigenvalue weighted by Crippen LogP contribution is 2.36. The maximum absolute atomic E-state index is 10.6. The molecule has 1 N–H and O–H groups in total. The molecule has 0 aliphatic rings. The number of rotatable bonds is 4. The third-order valence-corrected chi connectivity index (χ3v) is 1.92. The second kappa shape index (κ2) is 3.90. The van der Waals surface area contributed by atoms with E-state index < -0.39 is 7.60 Å². The molecule has 0 aromatic carbocycles. The van der Waals surface area contributed by atoms with Crippen molar-refractivity contribution in [2.45, 2.75) is 6.42 Å². The Kier molecular flexibility index (Phi) is 3.09. The lowest BCUT2D eigenvalue weighted by Crippen LogP contribution is -1.94. The van der Waals surface area contributed by atoms with Crippen LogP contribution in [0.15, 0.2) is 22.8 Å². The van der Waals surface area contributed by atoms with Gasteiger partial charge in [0.15, 0.2) is 0 Å². The number of hydrogen-bond acceptors (Lipinski definition) is 3. The van der Waals surface area contributed by atoms with Crippen LogP contribution in [-0.4, -0.2) is 18.2 Å². The molecule has 0 radical (unpaired) electrons. The largest absolute Gasteiger partial charge is 0.469 e. The lowest BCUT2D eigenvalue weighted by molar-refractivity contribution is 0.261. The molecule has 1 aromatic heterocycles.